The van der Waals surface area contributed by atoms with Crippen molar-refractivity contribution in [3.63, 3.8) is 0 Å². The van der Waals surface area contributed by atoms with E-state index in [1.165, 1.54) is 0 Å². The van der Waals surface area contributed by atoms with Crippen molar-refractivity contribution in [3.05, 3.63) is 28.5 Å². The third kappa shape index (κ3) is 0.992. The lowest BCUT2D eigenvalue weighted by atomic mass is 10.3. The molecule has 1 aromatic rings. The second-order valence-corrected chi connectivity index (χ2v) is 3.48. The minimum Gasteiger partial charge on any atom is -0.232 e. The zero-order valence-corrected chi connectivity index (χ0v) is 8.00. The van der Waals surface area contributed by atoms with Crippen LogP contribution in [-0.4, -0.2) is 11.7 Å². The van der Waals surface area contributed by atoms with Gasteiger partial charge in [-0.25, -0.2) is 4.79 Å². The van der Waals surface area contributed by atoms with Crippen molar-refractivity contribution >= 4 is 27.7 Å². The zero-order chi connectivity index (χ0) is 8.72. The Balaban J connectivity index is 2.69. The summed E-state index contributed by atoms with van der Waals surface area (Å²) < 4.78 is 2.71. The number of carbonyl (C=O) groups is 1. The van der Waals surface area contributed by atoms with Crippen molar-refractivity contribution < 1.29 is 9.36 Å². The number of rotatable bonds is 0. The molecule has 0 saturated carbocycles. The van der Waals surface area contributed by atoms with Crippen LogP contribution in [0.5, 0.6) is 0 Å². The van der Waals surface area contributed by atoms with Crippen molar-refractivity contribution in [2.24, 2.45) is 4.99 Å². The summed E-state index contributed by atoms with van der Waals surface area (Å²) in [6.07, 6.45) is 1.83. The lowest BCUT2D eigenvalue weighted by molar-refractivity contribution is -0.555. The maximum absolute atomic E-state index is 11.2. The molecule has 0 unspecified atom stereocenters. The van der Waals surface area contributed by atoms with Gasteiger partial charge in [-0.05, 0) is 28.1 Å². The fourth-order valence-electron chi connectivity index (χ4n) is 1.17. The van der Waals surface area contributed by atoms with E-state index in [2.05, 4.69) is 20.9 Å². The standard InChI is InChI=1S/C8H6BrN2O/c1-5-10-8(12)7-3-2-6(9)4-11(5)7/h2-4H,1H3/q+1. The van der Waals surface area contributed by atoms with E-state index < -0.39 is 0 Å². The van der Waals surface area contributed by atoms with Gasteiger partial charge < -0.3 is 0 Å². The lowest BCUT2D eigenvalue weighted by Crippen LogP contribution is -2.41. The number of pyridine rings is 1. The first-order chi connectivity index (χ1) is 5.68. The molecule has 0 N–H and O–H groups in total. The van der Waals surface area contributed by atoms with Gasteiger partial charge in [0, 0.05) is 11.9 Å². The maximum Gasteiger partial charge on any atom is 0.422 e. The first-order valence-electron chi connectivity index (χ1n) is 3.50. The van der Waals surface area contributed by atoms with Gasteiger partial charge in [-0.1, -0.05) is 0 Å². The van der Waals surface area contributed by atoms with Gasteiger partial charge in [0.1, 0.15) is 6.20 Å². The van der Waals surface area contributed by atoms with E-state index in [1.807, 2.05) is 12.3 Å². The molecule has 1 aliphatic heterocycles. The fourth-order valence-corrected chi connectivity index (χ4v) is 1.51. The molecule has 1 aromatic heterocycles. The average molecular weight is 226 g/mol. The highest BCUT2D eigenvalue weighted by Crippen LogP contribution is 2.09. The quantitative estimate of drug-likeness (QED) is 0.611. The molecule has 0 radical (unpaired) electrons. The summed E-state index contributed by atoms with van der Waals surface area (Å²) in [6.45, 7) is 1.81. The molecular formula is C8H6BrN2O+. The number of fused-ring (bicyclic) bond motifs is 1. The van der Waals surface area contributed by atoms with Crippen molar-refractivity contribution in [1.82, 2.24) is 0 Å². The molecule has 0 atom stereocenters. The zero-order valence-electron chi connectivity index (χ0n) is 6.41. The SMILES string of the molecule is CC1=NC(=O)c2ccc(Br)c[n+]21. The van der Waals surface area contributed by atoms with Gasteiger partial charge in [0.2, 0.25) is 5.69 Å². The van der Waals surface area contributed by atoms with Gasteiger partial charge in [-0.15, -0.1) is 0 Å². The van der Waals surface area contributed by atoms with Crippen molar-refractivity contribution in [3.8, 4) is 0 Å². The summed E-state index contributed by atoms with van der Waals surface area (Å²) >= 11 is 3.33. The maximum atomic E-state index is 11.2. The Bertz CT molecular complexity index is 398. The van der Waals surface area contributed by atoms with Crippen LogP contribution < -0.4 is 4.57 Å². The number of hydrogen-bond donors (Lipinski definition) is 0. The molecule has 12 heavy (non-hydrogen) atoms. The normalized spacial score (nSPS) is 14.5. The van der Waals surface area contributed by atoms with Gasteiger partial charge in [-0.2, -0.15) is 4.57 Å². The summed E-state index contributed by atoms with van der Waals surface area (Å²) in [6, 6.07) is 3.59. The highest BCUT2D eigenvalue weighted by molar-refractivity contribution is 9.10. The van der Waals surface area contributed by atoms with Crippen LogP contribution >= 0.6 is 15.9 Å². The largest absolute Gasteiger partial charge is 0.422 e. The highest BCUT2D eigenvalue weighted by atomic mass is 79.9. The minimum atomic E-state index is -0.167. The summed E-state index contributed by atoms with van der Waals surface area (Å²) in [5.74, 6) is 0.552. The first kappa shape index (κ1) is 7.61. The van der Waals surface area contributed by atoms with E-state index in [1.54, 1.807) is 17.6 Å². The third-order valence-corrected chi connectivity index (χ3v) is 2.21. The molecular weight excluding hydrogens is 220 g/mol. The summed E-state index contributed by atoms with van der Waals surface area (Å²) in [4.78, 5) is 15.0. The first-order valence-corrected chi connectivity index (χ1v) is 4.29. The number of hydrogen-bond acceptors (Lipinski definition) is 1. The van der Waals surface area contributed by atoms with Crippen LogP contribution in [0.1, 0.15) is 17.4 Å². The average Bonchev–Trinajstić information content (AvgIpc) is 2.28. The molecule has 1 amide bonds. The van der Waals surface area contributed by atoms with Crippen molar-refractivity contribution in [1.29, 1.82) is 0 Å². The topological polar surface area (TPSA) is 33.3 Å². The van der Waals surface area contributed by atoms with E-state index in [-0.39, 0.29) is 5.91 Å². The second kappa shape index (κ2) is 2.48. The molecule has 4 heteroatoms. The van der Waals surface area contributed by atoms with Crippen LogP contribution in [0.3, 0.4) is 0 Å². The van der Waals surface area contributed by atoms with Crippen LogP contribution in [0, 0.1) is 0 Å². The molecule has 2 heterocycles. The molecule has 2 rings (SSSR count). The molecule has 1 aliphatic rings. The minimum absolute atomic E-state index is 0.167. The van der Waals surface area contributed by atoms with Crippen LogP contribution in [0.25, 0.3) is 0 Å². The molecule has 60 valence electrons. The monoisotopic (exact) mass is 225 g/mol. The van der Waals surface area contributed by atoms with Gasteiger partial charge in [0.05, 0.1) is 4.47 Å². The molecule has 0 aromatic carbocycles. The van der Waals surface area contributed by atoms with Gasteiger partial charge >= 0.3 is 11.7 Å². The summed E-state index contributed by atoms with van der Waals surface area (Å²) in [5.41, 5.74) is 0.621. The lowest BCUT2D eigenvalue weighted by Gasteiger charge is -1.93. The fraction of sp³-hybridized carbons (Fsp3) is 0.125. The Labute approximate surface area is 77.9 Å². The molecule has 3 nitrogen and oxygen atoms in total. The number of carbonyl (C=O) groups excluding carboxylic acids is 1. The van der Waals surface area contributed by atoms with Crippen LogP contribution in [0.2, 0.25) is 0 Å². The Hall–Kier alpha value is -1.03. The predicted molar refractivity (Wildman–Crippen MR) is 47.2 cm³/mol. The van der Waals surface area contributed by atoms with E-state index in [4.69, 9.17) is 0 Å². The van der Waals surface area contributed by atoms with Crippen LogP contribution in [0.4, 0.5) is 0 Å². The third-order valence-electron chi connectivity index (χ3n) is 1.74. The molecule has 0 bridgehead atoms. The predicted octanol–water partition coefficient (Wildman–Crippen LogP) is 1.16. The number of aliphatic imine (C=N–C) groups is 1. The van der Waals surface area contributed by atoms with Gasteiger partial charge in [0.15, 0.2) is 0 Å². The van der Waals surface area contributed by atoms with Gasteiger partial charge in [0.25, 0.3) is 0 Å². The number of aromatic nitrogens is 1. The highest BCUT2D eigenvalue weighted by Gasteiger charge is 2.29. The Morgan fingerprint density at radius 2 is 2.25 bits per heavy atom. The van der Waals surface area contributed by atoms with Gasteiger partial charge in [-0.3, -0.25) is 0 Å². The molecule has 0 saturated heterocycles. The Morgan fingerprint density at radius 1 is 1.50 bits per heavy atom. The second-order valence-electron chi connectivity index (χ2n) is 2.57. The van der Waals surface area contributed by atoms with E-state index in [0.29, 0.717) is 5.69 Å². The number of halogens is 1. The number of amides is 1. The molecule has 0 spiro atoms. The molecule has 0 aliphatic carbocycles. The Morgan fingerprint density at radius 3 is 3.00 bits per heavy atom. The summed E-state index contributed by atoms with van der Waals surface area (Å²) in [7, 11) is 0. The van der Waals surface area contributed by atoms with Crippen LogP contribution in [0.15, 0.2) is 27.8 Å². The summed E-state index contributed by atoms with van der Waals surface area (Å²) in [5, 5.41) is 0. The molecule has 0 fully saturated rings. The van der Waals surface area contributed by atoms with Crippen molar-refractivity contribution in [2.45, 2.75) is 6.92 Å². The van der Waals surface area contributed by atoms with Crippen LogP contribution in [-0.2, 0) is 0 Å². The van der Waals surface area contributed by atoms with E-state index in [0.717, 1.165) is 10.3 Å². The van der Waals surface area contributed by atoms with E-state index >= 15 is 0 Å². The van der Waals surface area contributed by atoms with E-state index in [9.17, 15) is 4.79 Å². The Kier molecular flexibility index (Phi) is 1.58. The van der Waals surface area contributed by atoms with Crippen molar-refractivity contribution in [2.75, 3.05) is 0 Å². The number of nitrogens with zero attached hydrogens (tertiary/aromatic N) is 2. The smallest absolute Gasteiger partial charge is 0.232 e.